The van der Waals surface area contributed by atoms with Crippen molar-refractivity contribution in [3.63, 3.8) is 0 Å². The quantitative estimate of drug-likeness (QED) is 0.0855. The molecule has 0 aromatic carbocycles. The SMILES string of the molecule is CCCCCCCCCCCCCCCCCCNCCCOP(=O)([O-])OCC[N+](C)(C)C. The van der Waals surface area contributed by atoms with Crippen molar-refractivity contribution < 1.29 is 23.0 Å². The third-order valence-corrected chi connectivity index (χ3v) is 6.96. The van der Waals surface area contributed by atoms with Gasteiger partial charge in [0.2, 0.25) is 0 Å². The molecule has 0 aromatic rings. The van der Waals surface area contributed by atoms with E-state index in [0.29, 0.717) is 17.4 Å². The van der Waals surface area contributed by atoms with Crippen molar-refractivity contribution in [3.05, 3.63) is 0 Å². The van der Waals surface area contributed by atoms with Gasteiger partial charge in [0.15, 0.2) is 0 Å². The molecule has 7 heteroatoms. The number of likely N-dealkylation sites (N-methyl/N-ethyl adjacent to an activating group) is 1. The number of phosphoric acid groups is 1. The van der Waals surface area contributed by atoms with E-state index in [2.05, 4.69) is 12.2 Å². The molecule has 200 valence electrons. The smallest absolute Gasteiger partial charge is 0.268 e. The fourth-order valence-corrected chi connectivity index (χ4v) is 4.49. The van der Waals surface area contributed by atoms with E-state index in [0.717, 1.165) is 13.1 Å². The Morgan fingerprint density at radius 1 is 0.636 bits per heavy atom. The fraction of sp³-hybridized carbons (Fsp3) is 1.00. The number of unbranched alkanes of at least 4 members (excludes halogenated alkanes) is 15. The number of nitrogens with zero attached hydrogens (tertiary/aromatic N) is 1. The summed E-state index contributed by atoms with van der Waals surface area (Å²) < 4.78 is 22.1. The minimum absolute atomic E-state index is 0.155. The molecule has 0 radical (unpaired) electrons. The number of nitrogens with one attached hydrogen (secondary N) is 1. The lowest BCUT2D eigenvalue weighted by molar-refractivity contribution is -0.870. The molecule has 0 heterocycles. The molecule has 0 rings (SSSR count). The summed E-state index contributed by atoms with van der Waals surface area (Å²) in [6.45, 7) is 5.00. The summed E-state index contributed by atoms with van der Waals surface area (Å²) in [4.78, 5) is 11.7. The molecule has 1 atom stereocenters. The lowest BCUT2D eigenvalue weighted by Gasteiger charge is -2.27. The Balaban J connectivity index is 3.23. The first-order chi connectivity index (χ1) is 15.8. The predicted molar refractivity (Wildman–Crippen MR) is 139 cm³/mol. The Labute approximate surface area is 206 Å². The van der Waals surface area contributed by atoms with E-state index in [1.54, 1.807) is 0 Å². The van der Waals surface area contributed by atoms with Crippen LogP contribution in [0.25, 0.3) is 0 Å². The number of hydrogen-bond acceptors (Lipinski definition) is 5. The maximum atomic E-state index is 11.7. The standard InChI is InChI=1S/C26H57N2O4P/c1-5-6-7-8-9-10-11-12-13-14-15-16-17-18-19-20-22-27-23-21-25-31-33(29,30)32-26-24-28(2,3)4/h27H,5-26H2,1-4H3. The van der Waals surface area contributed by atoms with E-state index >= 15 is 0 Å². The van der Waals surface area contributed by atoms with Crippen molar-refractivity contribution in [2.24, 2.45) is 0 Å². The first kappa shape index (κ1) is 33.0. The largest absolute Gasteiger partial charge is 0.756 e. The number of hydrogen-bond donors (Lipinski definition) is 1. The van der Waals surface area contributed by atoms with Gasteiger partial charge in [0, 0.05) is 0 Å². The minimum atomic E-state index is -4.16. The zero-order chi connectivity index (χ0) is 24.7. The Kier molecular flexibility index (Phi) is 22.5. The predicted octanol–water partition coefficient (Wildman–Crippen LogP) is 6.44. The molecule has 0 spiro atoms. The molecule has 0 bridgehead atoms. The summed E-state index contributed by atoms with van der Waals surface area (Å²) in [6, 6.07) is 0. The van der Waals surface area contributed by atoms with Gasteiger partial charge < -0.3 is 23.7 Å². The van der Waals surface area contributed by atoms with E-state index in [1.807, 2.05) is 21.1 Å². The number of phosphoric ester groups is 1. The molecule has 0 fully saturated rings. The topological polar surface area (TPSA) is 70.6 Å². The molecule has 1 unspecified atom stereocenters. The van der Waals surface area contributed by atoms with E-state index in [4.69, 9.17) is 9.05 Å². The van der Waals surface area contributed by atoms with Gasteiger partial charge in [-0.2, -0.15) is 0 Å². The van der Waals surface area contributed by atoms with Crippen molar-refractivity contribution in [1.29, 1.82) is 0 Å². The van der Waals surface area contributed by atoms with Gasteiger partial charge in [-0.05, 0) is 25.9 Å². The van der Waals surface area contributed by atoms with Gasteiger partial charge in [-0.15, -0.1) is 0 Å². The van der Waals surface area contributed by atoms with Crippen molar-refractivity contribution >= 4 is 7.82 Å². The second kappa shape index (κ2) is 22.5. The molecule has 0 amide bonds. The van der Waals surface area contributed by atoms with E-state index in [9.17, 15) is 9.46 Å². The summed E-state index contributed by atoms with van der Waals surface area (Å²) in [7, 11) is 1.81. The van der Waals surface area contributed by atoms with Gasteiger partial charge in [0.1, 0.15) is 13.2 Å². The first-order valence-electron chi connectivity index (χ1n) is 13.9. The summed E-state index contributed by atoms with van der Waals surface area (Å²) in [6.07, 6.45) is 22.8. The van der Waals surface area contributed by atoms with Gasteiger partial charge in [0.05, 0.1) is 27.7 Å². The van der Waals surface area contributed by atoms with Crippen LogP contribution in [0.1, 0.15) is 116 Å². The zero-order valence-electron chi connectivity index (χ0n) is 22.6. The molecule has 0 aliphatic heterocycles. The maximum Gasteiger partial charge on any atom is 0.268 e. The highest BCUT2D eigenvalue weighted by Gasteiger charge is 2.12. The van der Waals surface area contributed by atoms with Crippen LogP contribution in [0.5, 0.6) is 0 Å². The Hall–Kier alpha value is 0.0300. The molecule has 0 saturated heterocycles. The summed E-state index contributed by atoms with van der Waals surface area (Å²) >= 11 is 0. The van der Waals surface area contributed by atoms with Gasteiger partial charge in [0.25, 0.3) is 7.82 Å². The lowest BCUT2D eigenvalue weighted by Crippen LogP contribution is -2.37. The second-order valence-electron chi connectivity index (χ2n) is 10.5. The number of rotatable bonds is 26. The van der Waals surface area contributed by atoms with Crippen molar-refractivity contribution in [1.82, 2.24) is 5.32 Å². The third kappa shape index (κ3) is 28.2. The molecule has 0 aromatic heterocycles. The lowest BCUT2D eigenvalue weighted by atomic mass is 10.0. The Morgan fingerprint density at radius 3 is 1.48 bits per heavy atom. The van der Waals surface area contributed by atoms with E-state index in [-0.39, 0.29) is 13.2 Å². The summed E-state index contributed by atoms with van der Waals surface area (Å²) in [5.74, 6) is 0. The van der Waals surface area contributed by atoms with Crippen LogP contribution in [0.3, 0.4) is 0 Å². The summed E-state index contributed by atoms with van der Waals surface area (Å²) in [5.41, 5.74) is 0. The van der Waals surface area contributed by atoms with Crippen LogP contribution in [0.4, 0.5) is 0 Å². The molecule has 1 N–H and O–H groups in total. The average molecular weight is 493 g/mol. The molecular weight excluding hydrogens is 435 g/mol. The Bertz CT molecular complexity index is 458. The monoisotopic (exact) mass is 492 g/mol. The highest BCUT2D eigenvalue weighted by atomic mass is 31.2. The van der Waals surface area contributed by atoms with Crippen LogP contribution < -0.4 is 10.2 Å². The van der Waals surface area contributed by atoms with E-state index < -0.39 is 7.82 Å². The van der Waals surface area contributed by atoms with Crippen LogP contribution in [0, 0.1) is 0 Å². The van der Waals surface area contributed by atoms with Gasteiger partial charge in [-0.1, -0.05) is 103 Å². The zero-order valence-corrected chi connectivity index (χ0v) is 23.5. The minimum Gasteiger partial charge on any atom is -0.756 e. The second-order valence-corrected chi connectivity index (χ2v) is 11.9. The first-order valence-corrected chi connectivity index (χ1v) is 15.3. The Morgan fingerprint density at radius 2 is 1.03 bits per heavy atom. The van der Waals surface area contributed by atoms with Crippen LogP contribution in [-0.4, -0.2) is 58.5 Å². The highest BCUT2D eigenvalue weighted by molar-refractivity contribution is 7.45. The number of quaternary nitrogens is 1. The molecular formula is C26H57N2O4P. The fourth-order valence-electron chi connectivity index (χ4n) is 3.76. The average Bonchev–Trinajstić information content (AvgIpc) is 2.73. The van der Waals surface area contributed by atoms with Crippen molar-refractivity contribution in [2.75, 3.05) is 54.0 Å². The molecule has 33 heavy (non-hydrogen) atoms. The molecule has 0 aliphatic rings. The van der Waals surface area contributed by atoms with Crippen molar-refractivity contribution in [2.45, 2.75) is 116 Å². The van der Waals surface area contributed by atoms with Gasteiger partial charge >= 0.3 is 0 Å². The van der Waals surface area contributed by atoms with Gasteiger partial charge in [-0.25, -0.2) is 0 Å². The van der Waals surface area contributed by atoms with Crippen LogP contribution in [0.15, 0.2) is 0 Å². The molecule has 6 nitrogen and oxygen atoms in total. The van der Waals surface area contributed by atoms with Crippen LogP contribution in [0.2, 0.25) is 0 Å². The van der Waals surface area contributed by atoms with Crippen LogP contribution in [-0.2, 0) is 13.6 Å². The van der Waals surface area contributed by atoms with Gasteiger partial charge in [-0.3, -0.25) is 4.57 Å². The maximum absolute atomic E-state index is 11.7. The van der Waals surface area contributed by atoms with E-state index in [1.165, 1.54) is 103 Å². The molecule has 0 aliphatic carbocycles. The highest BCUT2D eigenvalue weighted by Crippen LogP contribution is 2.38. The summed E-state index contributed by atoms with van der Waals surface area (Å²) in [5, 5.41) is 3.37. The normalized spacial score (nSPS) is 14.0. The third-order valence-electron chi connectivity index (χ3n) is 5.97. The van der Waals surface area contributed by atoms with Crippen molar-refractivity contribution in [3.8, 4) is 0 Å². The van der Waals surface area contributed by atoms with Crippen LogP contribution >= 0.6 is 7.82 Å². The molecule has 0 saturated carbocycles.